The summed E-state index contributed by atoms with van der Waals surface area (Å²) in [6.45, 7) is 17.5. The minimum Gasteiger partial charge on any atom is -0.456 e. The maximum absolute atomic E-state index is 13.3. The Bertz CT molecular complexity index is 1770. The van der Waals surface area contributed by atoms with Crippen molar-refractivity contribution in [2.45, 2.75) is 64.2 Å². The number of nitrogens with one attached hydrogen (secondary N) is 1. The molecule has 1 aliphatic heterocycles. The summed E-state index contributed by atoms with van der Waals surface area (Å²) >= 11 is 0.728. The van der Waals surface area contributed by atoms with Crippen LogP contribution in [0.25, 0.3) is 33.4 Å². The maximum Gasteiger partial charge on any atom is 0.240 e. The van der Waals surface area contributed by atoms with Gasteiger partial charge in [-0.15, -0.1) is 4.33 Å². The van der Waals surface area contributed by atoms with Crippen molar-refractivity contribution in [2.24, 2.45) is 5.92 Å². The van der Waals surface area contributed by atoms with Crippen molar-refractivity contribution in [3.8, 4) is 22.5 Å². The van der Waals surface area contributed by atoms with Gasteiger partial charge in [0.05, 0.1) is 23.0 Å². The summed E-state index contributed by atoms with van der Waals surface area (Å²) < 4.78 is 48.7. The molecule has 47 heavy (non-hydrogen) atoms. The Hall–Kier alpha value is -2.97. The topological polar surface area (TPSA) is 113 Å². The molecule has 0 radical (unpaired) electrons. The van der Waals surface area contributed by atoms with Crippen molar-refractivity contribution >= 4 is 38.7 Å². The molecule has 0 fully saturated rings. The highest BCUT2D eigenvalue weighted by molar-refractivity contribution is 7.94. The van der Waals surface area contributed by atoms with Crippen LogP contribution in [0.1, 0.15) is 54.4 Å². The Balaban J connectivity index is 1.83. The number of nitrogens with zero attached hydrogens (tertiary/aromatic N) is 2. The van der Waals surface area contributed by atoms with Gasteiger partial charge >= 0.3 is 0 Å². The highest BCUT2D eigenvalue weighted by Gasteiger charge is 2.24. The van der Waals surface area contributed by atoms with Crippen LogP contribution in [0.4, 0.5) is 5.69 Å². The lowest BCUT2D eigenvalue weighted by Gasteiger charge is -2.22. The molecule has 1 unspecified atom stereocenters. The van der Waals surface area contributed by atoms with E-state index in [-0.39, 0.29) is 11.4 Å². The van der Waals surface area contributed by atoms with Crippen LogP contribution in [0.5, 0.6) is 0 Å². The van der Waals surface area contributed by atoms with Gasteiger partial charge in [-0.25, -0.2) is 23.0 Å². The number of rotatable bonds is 18. The van der Waals surface area contributed by atoms with Crippen molar-refractivity contribution in [1.82, 2.24) is 9.30 Å². The van der Waals surface area contributed by atoms with E-state index in [0.29, 0.717) is 47.4 Å². The van der Waals surface area contributed by atoms with E-state index in [4.69, 9.17) is 18.7 Å². The van der Waals surface area contributed by atoms with E-state index < -0.39 is 10.0 Å². The lowest BCUT2D eigenvalue weighted by molar-refractivity contribution is -0.432. The number of anilines is 1. The van der Waals surface area contributed by atoms with Gasteiger partial charge in [-0.2, -0.15) is 0 Å². The average molecular weight is 687 g/mol. The molecule has 0 saturated carbocycles. The quantitative estimate of drug-likeness (QED) is 0.0285. The number of ether oxygens (including phenoxy) is 1. The van der Waals surface area contributed by atoms with Crippen LogP contribution in [0.15, 0.2) is 68.8 Å². The summed E-state index contributed by atoms with van der Waals surface area (Å²) in [5.41, 5.74) is 4.12. The van der Waals surface area contributed by atoms with Crippen molar-refractivity contribution in [1.29, 1.82) is 0 Å². The molecule has 0 spiro atoms. The van der Waals surface area contributed by atoms with Crippen molar-refractivity contribution in [3.63, 3.8) is 0 Å². The van der Waals surface area contributed by atoms with Crippen LogP contribution in [-0.2, 0) is 24.1 Å². The van der Waals surface area contributed by atoms with Gasteiger partial charge in [0.25, 0.3) is 0 Å². The predicted octanol–water partition coefficient (Wildman–Crippen LogP) is 7.02. The normalized spacial score (nSPS) is 12.6. The van der Waals surface area contributed by atoms with Crippen LogP contribution in [-0.4, -0.2) is 59.6 Å². The van der Waals surface area contributed by atoms with E-state index in [2.05, 4.69) is 72.9 Å². The molecule has 0 amide bonds. The molecule has 2 aliphatic rings. The SMILES string of the molecule is CCC(C)COCCCNS(=O)(=O)c1ccc(-c2c3ccc(=[N+](CC)CC)cc-3oc3cc(N(CC)CC)ccc23)c(SOOO)c1. The largest absolute Gasteiger partial charge is 0.456 e. The molecule has 0 bridgehead atoms. The second-order valence-electron chi connectivity index (χ2n) is 11.4. The van der Waals surface area contributed by atoms with Crippen molar-refractivity contribution < 1.29 is 32.2 Å². The third-order valence-electron chi connectivity index (χ3n) is 8.49. The molecule has 0 aromatic heterocycles. The third kappa shape index (κ3) is 8.94. The first-order chi connectivity index (χ1) is 22.7. The average Bonchev–Trinajstić information content (AvgIpc) is 3.08. The smallest absolute Gasteiger partial charge is 0.240 e. The molecular weight excluding hydrogens is 639 g/mol. The van der Waals surface area contributed by atoms with Crippen LogP contribution < -0.4 is 19.6 Å². The monoisotopic (exact) mass is 686 g/mol. The molecule has 2 N–H and O–H groups in total. The molecule has 0 saturated heterocycles. The van der Waals surface area contributed by atoms with Gasteiger partial charge in [-0.3, -0.25) is 0 Å². The number of fused-ring (bicyclic) bond motifs is 2. The van der Waals surface area contributed by atoms with Crippen LogP contribution in [0, 0.1) is 5.92 Å². The van der Waals surface area contributed by atoms with Gasteiger partial charge in [0.15, 0.2) is 0 Å². The highest BCUT2D eigenvalue weighted by atomic mass is 32.2. The first kappa shape index (κ1) is 36.9. The summed E-state index contributed by atoms with van der Waals surface area (Å²) in [7, 11) is -3.85. The van der Waals surface area contributed by atoms with Crippen molar-refractivity contribution in [2.75, 3.05) is 50.8 Å². The Morgan fingerprint density at radius 2 is 1.72 bits per heavy atom. The highest BCUT2D eigenvalue weighted by Crippen LogP contribution is 2.44. The Kier molecular flexibility index (Phi) is 13.7. The van der Waals surface area contributed by atoms with Gasteiger partial charge < -0.3 is 14.1 Å². The van der Waals surface area contributed by atoms with Crippen LogP contribution >= 0.6 is 12.0 Å². The fourth-order valence-corrected chi connectivity index (χ4v) is 7.31. The summed E-state index contributed by atoms with van der Waals surface area (Å²) in [4.78, 5) is 2.75. The zero-order valence-corrected chi connectivity index (χ0v) is 29.9. The Morgan fingerprint density at radius 1 is 0.979 bits per heavy atom. The van der Waals surface area contributed by atoms with E-state index in [9.17, 15) is 8.42 Å². The first-order valence-electron chi connectivity index (χ1n) is 16.4. The second kappa shape index (κ2) is 17.4. The number of sulfonamides is 1. The van der Waals surface area contributed by atoms with Crippen LogP contribution in [0.2, 0.25) is 0 Å². The zero-order valence-electron chi connectivity index (χ0n) is 28.2. The summed E-state index contributed by atoms with van der Waals surface area (Å²) in [6.07, 6.45) is 1.58. The van der Waals surface area contributed by atoms with Gasteiger partial charge in [-0.1, -0.05) is 31.4 Å². The predicted molar refractivity (Wildman–Crippen MR) is 189 cm³/mol. The molecular formula is C35H48N3O7S2+. The summed E-state index contributed by atoms with van der Waals surface area (Å²) in [5, 5.41) is 14.9. The minimum atomic E-state index is -3.85. The lowest BCUT2D eigenvalue weighted by Crippen LogP contribution is -2.29. The maximum atomic E-state index is 13.3. The molecule has 256 valence electrons. The number of hydrogen-bond donors (Lipinski definition) is 2. The lowest BCUT2D eigenvalue weighted by atomic mass is 9.93. The summed E-state index contributed by atoms with van der Waals surface area (Å²) in [5.74, 6) is 1.16. The number of benzene rings is 3. The van der Waals surface area contributed by atoms with E-state index >= 15 is 0 Å². The van der Waals surface area contributed by atoms with Gasteiger partial charge in [0.2, 0.25) is 15.4 Å². The van der Waals surface area contributed by atoms with Gasteiger partial charge in [0.1, 0.15) is 24.4 Å². The molecule has 10 nitrogen and oxygen atoms in total. The molecule has 2 aromatic rings. The minimum absolute atomic E-state index is 0.0627. The van der Waals surface area contributed by atoms with E-state index in [1.807, 2.05) is 24.3 Å². The fourth-order valence-electron chi connectivity index (χ4n) is 5.59. The van der Waals surface area contributed by atoms with Gasteiger partial charge in [0, 0.05) is 72.1 Å². The third-order valence-corrected chi connectivity index (χ3v) is 10.6. The standard InChI is InChI=1S/C35H47N3O7S2/c1-7-25(6)24-42-20-12-19-36-47(40,41)28-15-18-31(34(23-28)46-45-44-39)35-29-16-13-26(37(8-2)9-3)21-32(29)43-33-22-27(14-17-30(33)35)38(10-4)11-5/h13-18,21-23,25,36H,7-12,19-20,24H2,1-6H3/p+1. The second-order valence-corrected chi connectivity index (χ2v) is 13.9. The first-order valence-corrected chi connectivity index (χ1v) is 18.6. The molecule has 1 aliphatic carbocycles. The van der Waals surface area contributed by atoms with E-state index in [0.717, 1.165) is 72.2 Å². The summed E-state index contributed by atoms with van der Waals surface area (Å²) in [6, 6.07) is 17.2. The molecule has 1 heterocycles. The zero-order chi connectivity index (χ0) is 34.0. The van der Waals surface area contributed by atoms with Gasteiger partial charge in [-0.05, 0) is 75.9 Å². The van der Waals surface area contributed by atoms with E-state index in [1.54, 1.807) is 12.1 Å². The molecule has 12 heteroatoms. The number of hydrogen-bond acceptors (Lipinski definition) is 9. The van der Waals surface area contributed by atoms with E-state index in [1.165, 1.54) is 6.07 Å². The Labute approximate surface area is 282 Å². The molecule has 2 aromatic carbocycles. The molecule has 1 atom stereocenters. The van der Waals surface area contributed by atoms with Crippen molar-refractivity contribution in [3.05, 3.63) is 60.0 Å². The Morgan fingerprint density at radius 3 is 2.40 bits per heavy atom. The van der Waals surface area contributed by atoms with Crippen LogP contribution in [0.3, 0.4) is 0 Å². The molecule has 4 rings (SSSR count). The fraction of sp³-hybridized carbons (Fsp3) is 0.457.